The quantitative estimate of drug-likeness (QED) is 0.915. The maximum absolute atomic E-state index is 11.3. The van der Waals surface area contributed by atoms with E-state index in [4.69, 9.17) is 9.47 Å². The smallest absolute Gasteiger partial charge is 0.229 e. The fourth-order valence-corrected chi connectivity index (χ4v) is 2.51. The minimum atomic E-state index is -3.34. The zero-order valence-electron chi connectivity index (χ0n) is 12.0. The van der Waals surface area contributed by atoms with Gasteiger partial charge >= 0.3 is 0 Å². The molecule has 112 valence electrons. The van der Waals surface area contributed by atoms with Crippen LogP contribution in [0.4, 0.5) is 5.69 Å². The van der Waals surface area contributed by atoms with Crippen molar-refractivity contribution in [2.75, 3.05) is 25.2 Å². The van der Waals surface area contributed by atoms with Gasteiger partial charge in [0.2, 0.25) is 10.0 Å². The van der Waals surface area contributed by atoms with E-state index in [1.807, 2.05) is 0 Å². The standard InChI is InChI=1S/C14H16N2O4S/c1-19-13-6-7-15-9-12(13)11-5-4-10(8-14(11)20-2)16-21(3,17)18/h4-9,16H,1-3H3. The number of methoxy groups -OCH3 is 2. The van der Waals surface area contributed by atoms with Crippen molar-refractivity contribution in [3.8, 4) is 22.6 Å². The van der Waals surface area contributed by atoms with Gasteiger partial charge in [-0.1, -0.05) is 0 Å². The number of hydrogen-bond acceptors (Lipinski definition) is 5. The van der Waals surface area contributed by atoms with Crippen LogP contribution in [0.25, 0.3) is 11.1 Å². The third-order valence-electron chi connectivity index (χ3n) is 2.80. The number of aromatic nitrogens is 1. The summed E-state index contributed by atoms with van der Waals surface area (Å²) in [6.45, 7) is 0. The largest absolute Gasteiger partial charge is 0.496 e. The lowest BCUT2D eigenvalue weighted by atomic mass is 10.1. The molecule has 0 aliphatic carbocycles. The van der Waals surface area contributed by atoms with Crippen molar-refractivity contribution in [3.05, 3.63) is 36.7 Å². The van der Waals surface area contributed by atoms with E-state index in [1.54, 1.807) is 43.8 Å². The first-order chi connectivity index (χ1) is 9.94. The molecule has 0 aliphatic rings. The van der Waals surface area contributed by atoms with E-state index < -0.39 is 10.0 Å². The van der Waals surface area contributed by atoms with Crippen molar-refractivity contribution in [1.82, 2.24) is 4.98 Å². The molecule has 1 heterocycles. The number of anilines is 1. The highest BCUT2D eigenvalue weighted by molar-refractivity contribution is 7.92. The van der Waals surface area contributed by atoms with Gasteiger partial charge in [-0.2, -0.15) is 0 Å². The summed E-state index contributed by atoms with van der Waals surface area (Å²) in [5.74, 6) is 1.18. The molecule has 2 rings (SSSR count). The monoisotopic (exact) mass is 308 g/mol. The third kappa shape index (κ3) is 3.63. The van der Waals surface area contributed by atoms with E-state index in [-0.39, 0.29) is 0 Å². The maximum Gasteiger partial charge on any atom is 0.229 e. The third-order valence-corrected chi connectivity index (χ3v) is 3.40. The molecule has 0 aliphatic heterocycles. The van der Waals surface area contributed by atoms with Gasteiger partial charge in [-0.05, 0) is 18.2 Å². The number of pyridine rings is 1. The van der Waals surface area contributed by atoms with Crippen molar-refractivity contribution in [3.63, 3.8) is 0 Å². The predicted molar refractivity (Wildman–Crippen MR) is 81.2 cm³/mol. The Morgan fingerprint density at radius 2 is 1.76 bits per heavy atom. The highest BCUT2D eigenvalue weighted by Gasteiger charge is 2.13. The van der Waals surface area contributed by atoms with Crippen molar-refractivity contribution >= 4 is 15.7 Å². The van der Waals surface area contributed by atoms with Crippen LogP contribution in [-0.4, -0.2) is 33.9 Å². The molecule has 0 fully saturated rings. The van der Waals surface area contributed by atoms with Gasteiger partial charge < -0.3 is 9.47 Å². The van der Waals surface area contributed by atoms with Crippen molar-refractivity contribution in [2.45, 2.75) is 0 Å². The summed E-state index contributed by atoms with van der Waals surface area (Å²) in [7, 11) is -0.241. The molecule has 0 radical (unpaired) electrons. The van der Waals surface area contributed by atoms with Gasteiger partial charge in [-0.15, -0.1) is 0 Å². The van der Waals surface area contributed by atoms with Gasteiger partial charge in [0.25, 0.3) is 0 Å². The molecule has 0 spiro atoms. The second-order valence-electron chi connectivity index (χ2n) is 4.37. The second kappa shape index (κ2) is 6.01. The highest BCUT2D eigenvalue weighted by Crippen LogP contribution is 2.37. The fraction of sp³-hybridized carbons (Fsp3) is 0.214. The summed E-state index contributed by atoms with van der Waals surface area (Å²) in [6, 6.07) is 6.78. The Balaban J connectivity index is 2.50. The zero-order chi connectivity index (χ0) is 15.5. The highest BCUT2D eigenvalue weighted by atomic mass is 32.2. The summed E-state index contributed by atoms with van der Waals surface area (Å²) in [6.07, 6.45) is 4.40. The lowest BCUT2D eigenvalue weighted by Gasteiger charge is -2.13. The number of hydrogen-bond donors (Lipinski definition) is 1. The first-order valence-corrected chi connectivity index (χ1v) is 7.98. The number of nitrogens with zero attached hydrogens (tertiary/aromatic N) is 1. The molecule has 6 nitrogen and oxygen atoms in total. The Bertz CT molecular complexity index is 744. The van der Waals surface area contributed by atoms with Crippen LogP contribution < -0.4 is 14.2 Å². The number of ether oxygens (including phenoxy) is 2. The summed E-state index contributed by atoms with van der Waals surface area (Å²) < 4.78 is 35.6. The molecule has 0 saturated carbocycles. The van der Waals surface area contributed by atoms with Gasteiger partial charge in [0.15, 0.2) is 0 Å². The average molecular weight is 308 g/mol. The molecule has 1 aromatic carbocycles. The van der Waals surface area contributed by atoms with Crippen LogP contribution in [0.2, 0.25) is 0 Å². The van der Waals surface area contributed by atoms with Gasteiger partial charge in [0.05, 0.1) is 26.2 Å². The Kier molecular flexibility index (Phi) is 4.32. The van der Waals surface area contributed by atoms with Crippen LogP contribution in [0, 0.1) is 0 Å². The molecule has 1 N–H and O–H groups in total. The Hall–Kier alpha value is -2.28. The van der Waals surface area contributed by atoms with Crippen molar-refractivity contribution in [2.24, 2.45) is 0 Å². The number of rotatable bonds is 5. The van der Waals surface area contributed by atoms with E-state index >= 15 is 0 Å². The van der Waals surface area contributed by atoms with Gasteiger partial charge in [0, 0.05) is 29.6 Å². The minimum Gasteiger partial charge on any atom is -0.496 e. The fourth-order valence-electron chi connectivity index (χ4n) is 1.95. The van der Waals surface area contributed by atoms with Gasteiger partial charge in [-0.3, -0.25) is 9.71 Å². The van der Waals surface area contributed by atoms with Crippen LogP contribution in [0.1, 0.15) is 0 Å². The summed E-state index contributed by atoms with van der Waals surface area (Å²) in [5, 5.41) is 0. The van der Waals surface area contributed by atoms with Gasteiger partial charge in [-0.25, -0.2) is 8.42 Å². The van der Waals surface area contributed by atoms with E-state index in [2.05, 4.69) is 9.71 Å². The lowest BCUT2D eigenvalue weighted by molar-refractivity contribution is 0.410. The molecule has 1 aromatic heterocycles. The Morgan fingerprint density at radius 3 is 2.38 bits per heavy atom. The summed E-state index contributed by atoms with van der Waals surface area (Å²) >= 11 is 0. The molecule has 7 heteroatoms. The molecule has 2 aromatic rings. The summed E-state index contributed by atoms with van der Waals surface area (Å²) in [4.78, 5) is 4.08. The number of sulfonamides is 1. The Morgan fingerprint density at radius 1 is 1.05 bits per heavy atom. The van der Waals surface area contributed by atoms with Crippen LogP contribution in [0.15, 0.2) is 36.7 Å². The molecular weight excluding hydrogens is 292 g/mol. The van der Waals surface area contributed by atoms with Crippen molar-refractivity contribution in [1.29, 1.82) is 0 Å². The molecule has 0 saturated heterocycles. The molecule has 21 heavy (non-hydrogen) atoms. The topological polar surface area (TPSA) is 77.5 Å². The first kappa shape index (κ1) is 15.1. The summed E-state index contributed by atoms with van der Waals surface area (Å²) in [5.41, 5.74) is 1.96. The molecule has 0 atom stereocenters. The van der Waals surface area contributed by atoms with Crippen LogP contribution in [0.5, 0.6) is 11.5 Å². The second-order valence-corrected chi connectivity index (χ2v) is 6.11. The lowest BCUT2D eigenvalue weighted by Crippen LogP contribution is -2.09. The van der Waals surface area contributed by atoms with Crippen LogP contribution in [0.3, 0.4) is 0 Å². The van der Waals surface area contributed by atoms with E-state index in [1.165, 1.54) is 7.11 Å². The van der Waals surface area contributed by atoms with Gasteiger partial charge in [0.1, 0.15) is 11.5 Å². The molecule has 0 unspecified atom stereocenters. The van der Waals surface area contributed by atoms with Crippen LogP contribution in [-0.2, 0) is 10.0 Å². The Labute approximate surface area is 123 Å². The molecular formula is C14H16N2O4S. The minimum absolute atomic E-state index is 0.431. The number of nitrogens with one attached hydrogen (secondary N) is 1. The normalized spacial score (nSPS) is 11.0. The first-order valence-electron chi connectivity index (χ1n) is 6.09. The SMILES string of the molecule is COc1cc(NS(C)(=O)=O)ccc1-c1cnccc1OC. The van der Waals surface area contributed by atoms with Crippen LogP contribution >= 0.6 is 0 Å². The molecule has 0 amide bonds. The predicted octanol–water partition coefficient (Wildman–Crippen LogP) is 2.14. The maximum atomic E-state index is 11.3. The van der Waals surface area contributed by atoms with E-state index in [0.29, 0.717) is 17.2 Å². The van der Waals surface area contributed by atoms with E-state index in [9.17, 15) is 8.42 Å². The number of benzene rings is 1. The van der Waals surface area contributed by atoms with E-state index in [0.717, 1.165) is 17.4 Å². The zero-order valence-corrected chi connectivity index (χ0v) is 12.8. The average Bonchev–Trinajstić information content (AvgIpc) is 2.45. The van der Waals surface area contributed by atoms with Crippen molar-refractivity contribution < 1.29 is 17.9 Å². The molecule has 0 bridgehead atoms.